The van der Waals surface area contributed by atoms with E-state index >= 15 is 0 Å². The molecule has 9 aromatic rings. The summed E-state index contributed by atoms with van der Waals surface area (Å²) in [5, 5.41) is 0. The fourth-order valence-electron chi connectivity index (χ4n) is 14.8. The lowest BCUT2D eigenvalue weighted by Gasteiger charge is -2.41. The van der Waals surface area contributed by atoms with Gasteiger partial charge >= 0.3 is 0 Å². The van der Waals surface area contributed by atoms with E-state index in [1.54, 1.807) is 0 Å². The monoisotopic (exact) mass is 1570 g/mol. The van der Waals surface area contributed by atoms with Crippen molar-refractivity contribution in [3.05, 3.63) is 288 Å². The highest BCUT2D eigenvalue weighted by atomic mass is 16.5. The van der Waals surface area contributed by atoms with Gasteiger partial charge in [0.15, 0.2) is 0 Å². The number of ether oxygens (including phenoxy) is 5. The summed E-state index contributed by atoms with van der Waals surface area (Å²) in [4.78, 5) is 0. The molecule has 0 unspecified atom stereocenters. The molecular formula is C111H160O5. The van der Waals surface area contributed by atoms with Gasteiger partial charge in [0.1, 0.15) is 28.7 Å². The molecule has 9 aromatic carbocycles. The Morgan fingerprint density at radius 1 is 0.267 bits per heavy atom. The van der Waals surface area contributed by atoms with Crippen molar-refractivity contribution in [2.24, 2.45) is 10.8 Å². The van der Waals surface area contributed by atoms with Crippen LogP contribution in [0.4, 0.5) is 0 Å². The fourth-order valence-corrected chi connectivity index (χ4v) is 14.8. The highest BCUT2D eigenvalue weighted by Crippen LogP contribution is 2.49. The largest absolute Gasteiger partial charge is 0.490 e. The Labute approximate surface area is 710 Å². The smallest absolute Gasteiger partial charge is 0.127 e. The van der Waals surface area contributed by atoms with Crippen molar-refractivity contribution in [3.63, 3.8) is 0 Å². The van der Waals surface area contributed by atoms with Crippen molar-refractivity contribution in [1.82, 2.24) is 0 Å². The standard InChI is InChI=1S/C27H32O.C23H32O.C21H28O.C21H36O.C19H32O/c1-6-21-17-24(19(2)3)27(28-20(4)5)25(18-21)26(22-13-9-7-10-14-22)23-15-11-8-12-16-23;1-8-18-14-20(16(2)3)22(24-17(4)5)21(15-18)23(6,7)19-12-10-9-11-13-19;1-6-17-12-19(13-18-10-8-7-9-11-18)21(22-16(4)5)20(14-17)15(2)3;1-11-16-12-17(14(2)3)19(22-15(4)5)18(13-16)21(9,10)20(6,7)8;1-9-15-10-16(12-19(6,7)8)18(20-14(4)5)17(11-15)13(2)3/h7-20,26H,6H2,1-5H3;9-17H,8H2,1-7H3;7-12,14-16H,6,13H2,1-5H3;12-15H,11H2,1-10H3;10-11,13-14H,9,12H2,1-8H3. The quantitative estimate of drug-likeness (QED) is 0.0437. The normalized spacial score (nSPS) is 12.0. The summed E-state index contributed by atoms with van der Waals surface area (Å²) in [6, 6.07) is 66.3. The molecule has 0 aliphatic carbocycles. The van der Waals surface area contributed by atoms with E-state index in [9.17, 15) is 0 Å². The summed E-state index contributed by atoms with van der Waals surface area (Å²) in [6.07, 6.45) is 8.16. The van der Waals surface area contributed by atoms with Crippen LogP contribution in [-0.2, 0) is 55.8 Å². The van der Waals surface area contributed by atoms with Gasteiger partial charge in [-0.1, -0.05) is 355 Å². The van der Waals surface area contributed by atoms with Crippen molar-refractivity contribution < 1.29 is 23.7 Å². The highest BCUT2D eigenvalue weighted by Gasteiger charge is 2.39. The maximum Gasteiger partial charge on any atom is 0.127 e. The number of benzene rings is 9. The third-order valence-electron chi connectivity index (χ3n) is 22.2. The maximum absolute atomic E-state index is 6.46. The van der Waals surface area contributed by atoms with E-state index in [4.69, 9.17) is 23.7 Å². The minimum absolute atomic E-state index is 0.0477. The number of hydrogen-bond acceptors (Lipinski definition) is 5. The second-order valence-electron chi connectivity index (χ2n) is 38.5. The van der Waals surface area contributed by atoms with Gasteiger partial charge in [0.05, 0.1) is 30.5 Å². The zero-order chi connectivity index (χ0) is 86.9. The molecule has 0 aromatic heterocycles. The van der Waals surface area contributed by atoms with Crippen molar-refractivity contribution >= 4 is 0 Å². The lowest BCUT2D eigenvalue weighted by Crippen LogP contribution is -2.35. The summed E-state index contributed by atoms with van der Waals surface area (Å²) >= 11 is 0. The average Bonchev–Trinajstić information content (AvgIpc) is 0.767. The van der Waals surface area contributed by atoms with Crippen molar-refractivity contribution in [1.29, 1.82) is 0 Å². The van der Waals surface area contributed by atoms with Crippen molar-refractivity contribution in [2.45, 2.75) is 364 Å². The van der Waals surface area contributed by atoms with Crippen LogP contribution < -0.4 is 23.7 Å². The predicted octanol–water partition coefficient (Wildman–Crippen LogP) is 31.8. The third-order valence-corrected chi connectivity index (χ3v) is 22.2. The molecule has 0 saturated carbocycles. The molecule has 0 spiro atoms. The predicted molar refractivity (Wildman–Crippen MR) is 506 cm³/mol. The van der Waals surface area contributed by atoms with Crippen LogP contribution in [0.2, 0.25) is 0 Å². The van der Waals surface area contributed by atoms with Gasteiger partial charge < -0.3 is 23.7 Å². The molecule has 9 rings (SSSR count). The molecule has 0 heterocycles. The summed E-state index contributed by atoms with van der Waals surface area (Å²) in [5.41, 5.74) is 25.9. The Hall–Kier alpha value is -8.02. The molecule has 116 heavy (non-hydrogen) atoms. The first-order valence-corrected chi connectivity index (χ1v) is 44.7. The molecule has 0 aliphatic rings. The van der Waals surface area contributed by atoms with Gasteiger partial charge in [-0.2, -0.15) is 0 Å². The molecule has 0 saturated heterocycles. The molecule has 5 nitrogen and oxygen atoms in total. The van der Waals surface area contributed by atoms with Crippen molar-refractivity contribution in [3.8, 4) is 28.7 Å². The molecule has 0 aliphatic heterocycles. The Balaban J connectivity index is 0.000000260. The molecule has 0 atom stereocenters. The molecule has 0 fully saturated rings. The zero-order valence-electron chi connectivity index (χ0n) is 79.7. The SMILES string of the molecule is CCc1cc(C(C)C)c(OC(C)C)c(C(C)(C)C(C)(C)C)c1.CCc1cc(C(C)C)c(OC(C)C)c(C(C)(C)c2ccccc2)c1.CCc1cc(C(C)C)c(OC(C)C)c(C(c2ccccc2)c2ccccc2)c1.CCc1cc(CC(C)(C)C)c(OC(C)C)c(C(C)C)c1.CCc1cc(Cc2ccccc2)c(OC(C)C)c(C(C)C)c1. The van der Waals surface area contributed by atoms with Gasteiger partial charge in [0.25, 0.3) is 0 Å². The number of aryl methyl sites for hydroxylation is 5. The topological polar surface area (TPSA) is 46.2 Å². The van der Waals surface area contributed by atoms with E-state index in [0.717, 1.165) is 73.7 Å². The molecule has 5 heteroatoms. The summed E-state index contributed by atoms with van der Waals surface area (Å²) < 4.78 is 31.5. The fraction of sp³-hybridized carbons (Fsp3) is 0.514. The van der Waals surface area contributed by atoms with Gasteiger partial charge in [-0.15, -0.1) is 0 Å². The van der Waals surface area contributed by atoms with E-state index in [2.05, 4.69) is 424 Å². The minimum atomic E-state index is -0.0969. The second kappa shape index (κ2) is 45.2. The van der Waals surface area contributed by atoms with E-state index in [0.29, 0.717) is 29.6 Å². The van der Waals surface area contributed by atoms with Gasteiger partial charge in [-0.3, -0.25) is 0 Å². The highest BCUT2D eigenvalue weighted by molar-refractivity contribution is 5.57. The average molecular weight is 1570 g/mol. The summed E-state index contributed by atoms with van der Waals surface area (Å²) in [6.45, 7) is 77.9. The van der Waals surface area contributed by atoms with Gasteiger partial charge in [0, 0.05) is 34.4 Å². The summed E-state index contributed by atoms with van der Waals surface area (Å²) in [7, 11) is 0. The maximum atomic E-state index is 6.46. The lowest BCUT2D eigenvalue weighted by atomic mass is 9.64. The Morgan fingerprint density at radius 2 is 0.543 bits per heavy atom. The van der Waals surface area contributed by atoms with E-state index in [-0.39, 0.29) is 58.1 Å². The second-order valence-corrected chi connectivity index (χ2v) is 38.5. The van der Waals surface area contributed by atoms with Crippen LogP contribution in [0.25, 0.3) is 0 Å². The van der Waals surface area contributed by atoms with Crippen LogP contribution in [0.15, 0.2) is 182 Å². The first kappa shape index (κ1) is 98.6. The van der Waals surface area contributed by atoms with Gasteiger partial charge in [-0.25, -0.2) is 0 Å². The molecule has 0 bridgehead atoms. The Morgan fingerprint density at radius 3 is 0.888 bits per heavy atom. The van der Waals surface area contributed by atoms with Gasteiger partial charge in [0.2, 0.25) is 0 Å². The molecule has 0 radical (unpaired) electrons. The van der Waals surface area contributed by atoms with Gasteiger partial charge in [-0.05, 0) is 243 Å². The molecule has 634 valence electrons. The Bertz CT molecular complexity index is 4340. The molecule has 0 N–H and O–H groups in total. The first-order valence-electron chi connectivity index (χ1n) is 44.7. The van der Waals surface area contributed by atoms with Crippen LogP contribution in [0.5, 0.6) is 28.7 Å². The van der Waals surface area contributed by atoms with Crippen LogP contribution in [0.3, 0.4) is 0 Å². The van der Waals surface area contributed by atoms with Crippen LogP contribution >= 0.6 is 0 Å². The first-order chi connectivity index (χ1) is 54.3. The molecule has 0 amide bonds. The van der Waals surface area contributed by atoms with Crippen molar-refractivity contribution in [2.75, 3.05) is 0 Å². The van der Waals surface area contributed by atoms with E-state index < -0.39 is 0 Å². The molecular weight excluding hydrogens is 1410 g/mol. The zero-order valence-corrected chi connectivity index (χ0v) is 79.7. The van der Waals surface area contributed by atoms with Crippen LogP contribution in [0.1, 0.15) is 384 Å². The lowest BCUT2D eigenvalue weighted by molar-refractivity contribution is 0.197. The van der Waals surface area contributed by atoms with Crippen LogP contribution in [-0.4, -0.2) is 30.5 Å². The van der Waals surface area contributed by atoms with Crippen LogP contribution in [0, 0.1) is 10.8 Å². The third kappa shape index (κ3) is 28.6. The minimum Gasteiger partial charge on any atom is -0.490 e. The summed E-state index contributed by atoms with van der Waals surface area (Å²) in [5.74, 6) is 7.89. The van der Waals surface area contributed by atoms with E-state index in [1.807, 2.05) is 0 Å². The number of hydrogen-bond donors (Lipinski definition) is 0. The number of rotatable bonds is 29. The Kier molecular flexibility index (Phi) is 38.4. The van der Waals surface area contributed by atoms with E-state index in [1.165, 1.54) is 106 Å².